The highest BCUT2D eigenvalue weighted by atomic mass is 16.7. The third-order valence-electron chi connectivity index (χ3n) is 4.56. The van der Waals surface area contributed by atoms with Crippen molar-refractivity contribution in [2.45, 2.75) is 50.9 Å². The molecule has 0 radical (unpaired) electrons. The molecule has 0 unspecified atom stereocenters. The maximum atomic E-state index is 11.9. The van der Waals surface area contributed by atoms with Gasteiger partial charge in [0, 0.05) is 31.8 Å². The number of nitrogens with zero attached hydrogens (tertiary/aromatic N) is 1. The smallest absolute Gasteiger partial charge is 0.224 e. The maximum absolute atomic E-state index is 11.9. The van der Waals surface area contributed by atoms with Gasteiger partial charge in [0.2, 0.25) is 5.91 Å². The van der Waals surface area contributed by atoms with Gasteiger partial charge in [-0.1, -0.05) is 13.0 Å². The number of carbonyl (C=O) groups excluding carboxylic acids is 1. The zero-order chi connectivity index (χ0) is 15.4. The van der Waals surface area contributed by atoms with Crippen LogP contribution in [0.15, 0.2) is 24.5 Å². The van der Waals surface area contributed by atoms with Crippen LogP contribution in [-0.4, -0.2) is 35.9 Å². The Balaban J connectivity index is 1.42. The molecule has 2 aliphatic rings. The fraction of sp³-hybridized carbons (Fsp3) is 0.647. The minimum Gasteiger partial charge on any atom is -0.353 e. The van der Waals surface area contributed by atoms with E-state index in [9.17, 15) is 4.79 Å². The van der Waals surface area contributed by atoms with E-state index < -0.39 is 0 Å². The van der Waals surface area contributed by atoms with Crippen LogP contribution < -0.4 is 5.32 Å². The molecule has 120 valence electrons. The Morgan fingerprint density at radius 2 is 2.27 bits per heavy atom. The summed E-state index contributed by atoms with van der Waals surface area (Å²) < 4.78 is 12.0. The molecule has 5 heteroatoms. The lowest BCUT2D eigenvalue weighted by molar-refractivity contribution is -0.191. The molecule has 1 amide bonds. The molecule has 1 aliphatic heterocycles. The van der Waals surface area contributed by atoms with Crippen LogP contribution in [0.3, 0.4) is 0 Å². The minimum atomic E-state index is -0.384. The molecule has 2 fully saturated rings. The Labute approximate surface area is 131 Å². The van der Waals surface area contributed by atoms with Crippen LogP contribution in [0.25, 0.3) is 0 Å². The highest BCUT2D eigenvalue weighted by molar-refractivity contribution is 5.78. The van der Waals surface area contributed by atoms with Crippen molar-refractivity contribution in [2.24, 2.45) is 5.92 Å². The first-order chi connectivity index (χ1) is 10.7. The monoisotopic (exact) mass is 304 g/mol. The Kier molecular flexibility index (Phi) is 4.74. The largest absolute Gasteiger partial charge is 0.353 e. The molecule has 0 bridgehead atoms. The van der Waals surface area contributed by atoms with E-state index >= 15 is 0 Å². The quantitative estimate of drug-likeness (QED) is 0.925. The molecule has 22 heavy (non-hydrogen) atoms. The van der Waals surface area contributed by atoms with E-state index in [4.69, 9.17) is 9.47 Å². The van der Waals surface area contributed by atoms with Gasteiger partial charge in [0.1, 0.15) is 6.10 Å². The summed E-state index contributed by atoms with van der Waals surface area (Å²) in [6, 6.07) is 3.74. The van der Waals surface area contributed by atoms with Gasteiger partial charge in [-0.2, -0.15) is 0 Å². The number of rotatable bonds is 4. The molecule has 0 aromatic carbocycles. The molecule has 1 N–H and O–H groups in total. The summed E-state index contributed by atoms with van der Waals surface area (Å²) >= 11 is 0. The average molecular weight is 304 g/mol. The molecule has 2 heterocycles. The lowest BCUT2D eigenvalue weighted by atomic mass is 9.86. The highest BCUT2D eigenvalue weighted by Gasteiger charge is 2.43. The van der Waals surface area contributed by atoms with Crippen molar-refractivity contribution in [1.82, 2.24) is 10.3 Å². The second-order valence-electron chi connectivity index (χ2n) is 6.49. The first kappa shape index (κ1) is 15.4. The highest BCUT2D eigenvalue weighted by Crippen LogP contribution is 2.39. The van der Waals surface area contributed by atoms with Crippen LogP contribution in [-0.2, 0) is 20.7 Å². The van der Waals surface area contributed by atoms with Gasteiger partial charge in [-0.3, -0.25) is 9.78 Å². The Morgan fingerprint density at radius 1 is 1.45 bits per heavy atom. The molecular weight excluding hydrogens is 280 g/mol. The molecule has 1 spiro atoms. The van der Waals surface area contributed by atoms with E-state index in [2.05, 4.69) is 17.2 Å². The topological polar surface area (TPSA) is 60.5 Å². The van der Waals surface area contributed by atoms with Gasteiger partial charge in [0.05, 0.1) is 13.0 Å². The molecule has 1 aromatic heterocycles. The Morgan fingerprint density at radius 3 is 3.00 bits per heavy atom. The van der Waals surface area contributed by atoms with E-state index in [-0.39, 0.29) is 17.8 Å². The van der Waals surface area contributed by atoms with Crippen LogP contribution in [0.1, 0.15) is 38.2 Å². The number of pyridine rings is 1. The Hall–Kier alpha value is -1.46. The summed E-state index contributed by atoms with van der Waals surface area (Å²) in [4.78, 5) is 16.0. The number of nitrogens with one attached hydrogen (secondary N) is 1. The zero-order valence-electron chi connectivity index (χ0n) is 13.1. The van der Waals surface area contributed by atoms with Crippen LogP contribution in [0.5, 0.6) is 0 Å². The summed E-state index contributed by atoms with van der Waals surface area (Å²) in [5.74, 6) is 0.372. The number of hydrogen-bond donors (Lipinski definition) is 1. The average Bonchev–Trinajstić information content (AvgIpc) is 2.93. The van der Waals surface area contributed by atoms with Crippen molar-refractivity contribution in [1.29, 1.82) is 0 Å². The standard InChI is InChI=1S/C17H24N2O3/c1-13-4-6-17(7-5-13)21-12-15(22-17)11-19-16(20)9-14-3-2-8-18-10-14/h2-3,8,10,13,15H,4-7,9,11-12H2,1H3,(H,19,20)/t13?,15-,17?/m0/s1. The van der Waals surface area contributed by atoms with Crippen molar-refractivity contribution in [3.8, 4) is 0 Å². The number of aromatic nitrogens is 1. The van der Waals surface area contributed by atoms with Gasteiger partial charge in [-0.15, -0.1) is 0 Å². The van der Waals surface area contributed by atoms with Gasteiger partial charge >= 0.3 is 0 Å². The van der Waals surface area contributed by atoms with Crippen molar-refractivity contribution in [2.75, 3.05) is 13.2 Å². The predicted molar refractivity (Wildman–Crippen MR) is 82.1 cm³/mol. The van der Waals surface area contributed by atoms with E-state index in [1.807, 2.05) is 12.1 Å². The van der Waals surface area contributed by atoms with Crippen molar-refractivity contribution in [3.63, 3.8) is 0 Å². The lowest BCUT2D eigenvalue weighted by Crippen LogP contribution is -2.38. The van der Waals surface area contributed by atoms with Crippen LogP contribution >= 0.6 is 0 Å². The van der Waals surface area contributed by atoms with Gasteiger partial charge in [0.15, 0.2) is 5.79 Å². The number of carbonyl (C=O) groups is 1. The second kappa shape index (κ2) is 6.75. The van der Waals surface area contributed by atoms with Crippen LogP contribution in [0.2, 0.25) is 0 Å². The maximum Gasteiger partial charge on any atom is 0.224 e. The second-order valence-corrected chi connectivity index (χ2v) is 6.49. The summed E-state index contributed by atoms with van der Waals surface area (Å²) in [6.07, 6.45) is 7.97. The fourth-order valence-electron chi connectivity index (χ4n) is 3.16. The van der Waals surface area contributed by atoms with E-state index in [0.717, 1.165) is 37.2 Å². The number of ether oxygens (including phenoxy) is 2. The zero-order valence-corrected chi connectivity index (χ0v) is 13.1. The Bertz CT molecular complexity index is 498. The first-order valence-corrected chi connectivity index (χ1v) is 8.13. The number of amides is 1. The van der Waals surface area contributed by atoms with E-state index in [1.54, 1.807) is 12.4 Å². The van der Waals surface area contributed by atoms with E-state index in [0.29, 0.717) is 19.6 Å². The molecular formula is C17H24N2O3. The van der Waals surface area contributed by atoms with Crippen LogP contribution in [0.4, 0.5) is 0 Å². The molecule has 1 aliphatic carbocycles. The van der Waals surface area contributed by atoms with Gasteiger partial charge in [-0.05, 0) is 30.4 Å². The molecule has 3 rings (SSSR count). The summed E-state index contributed by atoms with van der Waals surface area (Å²) in [6.45, 7) is 3.36. The van der Waals surface area contributed by atoms with E-state index in [1.165, 1.54) is 0 Å². The molecule has 1 aromatic rings. The third kappa shape index (κ3) is 3.84. The lowest BCUT2D eigenvalue weighted by Gasteiger charge is -2.34. The van der Waals surface area contributed by atoms with Crippen molar-refractivity contribution in [3.05, 3.63) is 30.1 Å². The normalized spacial score (nSPS) is 31.3. The fourth-order valence-corrected chi connectivity index (χ4v) is 3.16. The molecule has 1 saturated heterocycles. The summed E-state index contributed by atoms with van der Waals surface area (Å²) in [5, 5.41) is 2.93. The SMILES string of the molecule is CC1CCC2(CC1)OC[C@H](CNC(=O)Cc1cccnc1)O2. The van der Waals surface area contributed by atoms with Gasteiger partial charge < -0.3 is 14.8 Å². The van der Waals surface area contributed by atoms with Gasteiger partial charge in [-0.25, -0.2) is 0 Å². The van der Waals surface area contributed by atoms with Gasteiger partial charge in [0.25, 0.3) is 0 Å². The molecule has 5 nitrogen and oxygen atoms in total. The predicted octanol–water partition coefficient (Wildman–Crippen LogP) is 2.06. The molecule has 1 atom stereocenters. The van der Waals surface area contributed by atoms with Crippen LogP contribution in [0, 0.1) is 5.92 Å². The summed E-state index contributed by atoms with van der Waals surface area (Å²) in [7, 11) is 0. The minimum absolute atomic E-state index is 0.00480. The first-order valence-electron chi connectivity index (χ1n) is 8.13. The number of hydrogen-bond acceptors (Lipinski definition) is 4. The third-order valence-corrected chi connectivity index (χ3v) is 4.56. The van der Waals surface area contributed by atoms with Crippen molar-refractivity contribution < 1.29 is 14.3 Å². The molecule has 1 saturated carbocycles. The van der Waals surface area contributed by atoms with Crippen molar-refractivity contribution >= 4 is 5.91 Å². The summed E-state index contributed by atoms with van der Waals surface area (Å²) in [5.41, 5.74) is 0.918.